The molecule has 0 unspecified atom stereocenters. The van der Waals surface area contributed by atoms with E-state index in [-0.39, 0.29) is 5.82 Å². The Hall–Kier alpha value is -1.92. The lowest BCUT2D eigenvalue weighted by atomic mass is 10.2. The molecule has 3 rings (SSSR count). The van der Waals surface area contributed by atoms with Crippen molar-refractivity contribution < 1.29 is 4.39 Å². The number of hydrogen-bond acceptors (Lipinski definition) is 3. The third-order valence-corrected chi connectivity index (χ3v) is 3.68. The van der Waals surface area contributed by atoms with Crippen LogP contribution in [0.2, 0.25) is 5.02 Å². The summed E-state index contributed by atoms with van der Waals surface area (Å²) in [7, 11) is 0. The van der Waals surface area contributed by atoms with Gasteiger partial charge in [-0.2, -0.15) is 5.10 Å². The number of halogens is 3. The monoisotopic (exact) mass is 366 g/mol. The van der Waals surface area contributed by atoms with Gasteiger partial charge in [0.15, 0.2) is 11.6 Å². The highest BCUT2D eigenvalue weighted by Gasteiger charge is 2.10. The SMILES string of the molecule is Nc1cc(-c2nc(-c3cc(F)cc(Br)c3)n[nH]2)ccc1Cl. The van der Waals surface area contributed by atoms with Crippen LogP contribution in [0, 0.1) is 5.82 Å². The zero-order valence-corrected chi connectivity index (χ0v) is 12.9. The number of aromatic nitrogens is 3. The van der Waals surface area contributed by atoms with E-state index in [0.29, 0.717) is 32.4 Å². The van der Waals surface area contributed by atoms with Gasteiger partial charge in [0.1, 0.15) is 5.82 Å². The van der Waals surface area contributed by atoms with Gasteiger partial charge in [0.25, 0.3) is 0 Å². The summed E-state index contributed by atoms with van der Waals surface area (Å²) in [5.41, 5.74) is 7.56. The van der Waals surface area contributed by atoms with Gasteiger partial charge in [0, 0.05) is 15.6 Å². The Morgan fingerprint density at radius 1 is 1.14 bits per heavy atom. The summed E-state index contributed by atoms with van der Waals surface area (Å²) >= 11 is 9.13. The maximum Gasteiger partial charge on any atom is 0.181 e. The lowest BCUT2D eigenvalue weighted by Gasteiger charge is -2.00. The number of aromatic amines is 1. The summed E-state index contributed by atoms with van der Waals surface area (Å²) in [6, 6.07) is 9.66. The van der Waals surface area contributed by atoms with Crippen molar-refractivity contribution in [2.75, 3.05) is 5.73 Å². The second-order valence-corrected chi connectivity index (χ2v) is 5.72. The largest absolute Gasteiger partial charge is 0.398 e. The Morgan fingerprint density at radius 3 is 2.67 bits per heavy atom. The van der Waals surface area contributed by atoms with E-state index in [1.807, 2.05) is 0 Å². The minimum Gasteiger partial charge on any atom is -0.398 e. The molecule has 0 aliphatic rings. The van der Waals surface area contributed by atoms with Crippen molar-refractivity contribution in [2.45, 2.75) is 0 Å². The number of nitrogens with two attached hydrogens (primary N) is 1. The number of H-pyrrole nitrogens is 1. The van der Waals surface area contributed by atoms with E-state index in [2.05, 4.69) is 31.1 Å². The molecule has 0 aliphatic carbocycles. The van der Waals surface area contributed by atoms with Crippen molar-refractivity contribution in [3.8, 4) is 22.8 Å². The molecule has 0 bridgehead atoms. The molecule has 0 saturated heterocycles. The average Bonchev–Trinajstić information content (AvgIpc) is 2.90. The molecule has 0 fully saturated rings. The van der Waals surface area contributed by atoms with Crippen LogP contribution in [0.25, 0.3) is 22.8 Å². The molecule has 0 spiro atoms. The number of nitrogen functional groups attached to an aromatic ring is 1. The topological polar surface area (TPSA) is 67.6 Å². The zero-order valence-electron chi connectivity index (χ0n) is 10.6. The number of anilines is 1. The zero-order chi connectivity index (χ0) is 15.0. The van der Waals surface area contributed by atoms with Crippen molar-refractivity contribution >= 4 is 33.2 Å². The van der Waals surface area contributed by atoms with Crippen LogP contribution in [0.3, 0.4) is 0 Å². The molecular formula is C14H9BrClFN4. The van der Waals surface area contributed by atoms with Crippen LogP contribution in [-0.2, 0) is 0 Å². The Morgan fingerprint density at radius 2 is 1.95 bits per heavy atom. The van der Waals surface area contributed by atoms with Gasteiger partial charge < -0.3 is 5.73 Å². The van der Waals surface area contributed by atoms with Crippen LogP contribution in [0.1, 0.15) is 0 Å². The van der Waals surface area contributed by atoms with Gasteiger partial charge in [0.2, 0.25) is 0 Å². The third kappa shape index (κ3) is 2.91. The highest BCUT2D eigenvalue weighted by Crippen LogP contribution is 2.27. The normalized spacial score (nSPS) is 10.8. The van der Waals surface area contributed by atoms with Crippen molar-refractivity contribution in [1.82, 2.24) is 15.2 Å². The maximum atomic E-state index is 13.4. The second kappa shape index (κ2) is 5.46. The quantitative estimate of drug-likeness (QED) is 0.664. The van der Waals surface area contributed by atoms with Gasteiger partial charge in [-0.1, -0.05) is 27.5 Å². The smallest absolute Gasteiger partial charge is 0.181 e. The summed E-state index contributed by atoms with van der Waals surface area (Å²) < 4.78 is 14.0. The van der Waals surface area contributed by atoms with Crippen molar-refractivity contribution in [3.05, 3.63) is 51.7 Å². The molecule has 106 valence electrons. The second-order valence-electron chi connectivity index (χ2n) is 4.40. The van der Waals surface area contributed by atoms with Gasteiger partial charge in [-0.3, -0.25) is 5.10 Å². The molecule has 7 heteroatoms. The van der Waals surface area contributed by atoms with Gasteiger partial charge in [-0.05, 0) is 36.4 Å². The maximum absolute atomic E-state index is 13.4. The number of benzene rings is 2. The number of nitrogens with one attached hydrogen (secondary N) is 1. The van der Waals surface area contributed by atoms with E-state index in [0.717, 1.165) is 5.56 Å². The molecule has 3 N–H and O–H groups in total. The third-order valence-electron chi connectivity index (χ3n) is 2.88. The fraction of sp³-hybridized carbons (Fsp3) is 0. The Balaban J connectivity index is 2.01. The Kier molecular flexibility index (Phi) is 3.65. The molecule has 3 aromatic rings. The molecule has 0 saturated carbocycles. The van der Waals surface area contributed by atoms with Crippen molar-refractivity contribution in [2.24, 2.45) is 0 Å². The van der Waals surface area contributed by atoms with Gasteiger partial charge in [-0.15, -0.1) is 0 Å². The summed E-state index contributed by atoms with van der Waals surface area (Å²) in [5.74, 6) is 0.578. The van der Waals surface area contributed by atoms with E-state index in [4.69, 9.17) is 17.3 Å². The molecule has 0 aliphatic heterocycles. The van der Waals surface area contributed by atoms with Gasteiger partial charge in [-0.25, -0.2) is 9.37 Å². The highest BCUT2D eigenvalue weighted by molar-refractivity contribution is 9.10. The first-order chi connectivity index (χ1) is 10.0. The minimum atomic E-state index is -0.360. The first-order valence-electron chi connectivity index (χ1n) is 5.97. The predicted octanol–water partition coefficient (Wildman–Crippen LogP) is 4.28. The Labute approximate surface area is 133 Å². The fourth-order valence-corrected chi connectivity index (χ4v) is 2.48. The minimum absolute atomic E-state index is 0.360. The van der Waals surface area contributed by atoms with Crippen LogP contribution < -0.4 is 5.73 Å². The van der Waals surface area contributed by atoms with Crippen molar-refractivity contribution in [1.29, 1.82) is 0 Å². The van der Waals surface area contributed by atoms with Crippen LogP contribution in [0.5, 0.6) is 0 Å². The summed E-state index contributed by atoms with van der Waals surface area (Å²) in [6.07, 6.45) is 0. The molecule has 1 heterocycles. The standard InChI is InChI=1S/C14H9BrClFN4/c15-9-3-8(4-10(17)6-9)14-19-13(20-21-14)7-1-2-11(16)12(18)5-7/h1-6H,18H2,(H,19,20,21). The molecule has 4 nitrogen and oxygen atoms in total. The number of rotatable bonds is 2. The lowest BCUT2D eigenvalue weighted by Crippen LogP contribution is -1.88. The van der Waals surface area contributed by atoms with Crippen molar-refractivity contribution in [3.63, 3.8) is 0 Å². The van der Waals surface area contributed by atoms with Gasteiger partial charge in [0.05, 0.1) is 10.7 Å². The van der Waals surface area contributed by atoms with E-state index in [1.54, 1.807) is 24.3 Å². The first kappa shape index (κ1) is 14.0. The predicted molar refractivity (Wildman–Crippen MR) is 84.3 cm³/mol. The Bertz CT molecular complexity index is 798. The van der Waals surface area contributed by atoms with Crippen LogP contribution in [-0.4, -0.2) is 15.2 Å². The molecule has 21 heavy (non-hydrogen) atoms. The van der Waals surface area contributed by atoms with Gasteiger partial charge >= 0.3 is 0 Å². The van der Waals surface area contributed by atoms with E-state index in [9.17, 15) is 4.39 Å². The molecule has 1 aromatic heterocycles. The molecule has 0 amide bonds. The lowest BCUT2D eigenvalue weighted by molar-refractivity contribution is 0.627. The summed E-state index contributed by atoms with van der Waals surface area (Å²) in [4.78, 5) is 4.35. The van der Waals surface area contributed by atoms with E-state index < -0.39 is 0 Å². The first-order valence-corrected chi connectivity index (χ1v) is 7.14. The van der Waals surface area contributed by atoms with Crippen LogP contribution >= 0.6 is 27.5 Å². The fourth-order valence-electron chi connectivity index (χ4n) is 1.89. The summed E-state index contributed by atoms with van der Waals surface area (Å²) in [5, 5.41) is 7.39. The van der Waals surface area contributed by atoms with E-state index in [1.165, 1.54) is 12.1 Å². The molecular weight excluding hydrogens is 359 g/mol. The molecule has 0 radical (unpaired) electrons. The van der Waals surface area contributed by atoms with Crippen LogP contribution in [0.4, 0.5) is 10.1 Å². The number of hydrogen-bond donors (Lipinski definition) is 2. The number of nitrogens with zero attached hydrogens (tertiary/aromatic N) is 2. The highest BCUT2D eigenvalue weighted by atomic mass is 79.9. The average molecular weight is 368 g/mol. The molecule has 0 atom stereocenters. The van der Waals surface area contributed by atoms with Crippen LogP contribution in [0.15, 0.2) is 40.9 Å². The molecule has 2 aromatic carbocycles. The summed E-state index contributed by atoms with van der Waals surface area (Å²) in [6.45, 7) is 0. The van der Waals surface area contributed by atoms with E-state index >= 15 is 0 Å².